The van der Waals surface area contributed by atoms with Gasteiger partial charge in [0.05, 0.1) is 5.39 Å². The van der Waals surface area contributed by atoms with Crippen molar-refractivity contribution in [3.63, 3.8) is 0 Å². The van der Waals surface area contributed by atoms with E-state index in [-0.39, 0.29) is 0 Å². The molecule has 0 spiro atoms. The summed E-state index contributed by atoms with van der Waals surface area (Å²) < 4.78 is 39.0. The second kappa shape index (κ2) is 32.2. The molecule has 0 atom stereocenters. The van der Waals surface area contributed by atoms with E-state index in [1.54, 1.807) is 0 Å². The van der Waals surface area contributed by atoms with Crippen molar-refractivity contribution in [2.24, 2.45) is 0 Å². The monoisotopic (exact) mass is 1830 g/mol. The highest BCUT2D eigenvalue weighted by Gasteiger charge is 2.29. The van der Waals surface area contributed by atoms with Crippen LogP contribution in [0.2, 0.25) is 0 Å². The highest BCUT2D eigenvalue weighted by atomic mass is 16.4. The lowest BCUT2D eigenvalue weighted by Gasteiger charge is -2.18. The summed E-state index contributed by atoms with van der Waals surface area (Å²) >= 11 is 0. The molecule has 6 nitrogen and oxygen atoms in total. The minimum atomic E-state index is 0.794. The van der Waals surface area contributed by atoms with Crippen molar-refractivity contribution in [3.8, 4) is 89.0 Å². The average molecular weight is 1830 g/mol. The van der Waals surface area contributed by atoms with E-state index in [4.69, 9.17) is 26.5 Å². The Labute approximate surface area is 823 Å². The second-order valence-corrected chi connectivity index (χ2v) is 38.0. The van der Waals surface area contributed by atoms with Crippen LogP contribution >= 0.6 is 0 Å². The lowest BCUT2D eigenvalue weighted by atomic mass is 9.85. The summed E-state index contributed by atoms with van der Waals surface area (Å²) in [6.07, 6.45) is 0. The van der Waals surface area contributed by atoms with Crippen LogP contribution in [0, 0.1) is 0 Å². The summed E-state index contributed by atoms with van der Waals surface area (Å²) in [6, 6.07) is 174. The first kappa shape index (κ1) is 80.9. The van der Waals surface area contributed by atoms with Gasteiger partial charge in [0.2, 0.25) is 0 Å². The Bertz CT molecular complexity index is 10900. The minimum absolute atomic E-state index is 0.794. The maximum Gasteiger partial charge on any atom is 0.178 e. The van der Waals surface area contributed by atoms with Gasteiger partial charge < -0.3 is 26.5 Å². The third-order valence-corrected chi connectivity index (χ3v) is 30.1. The largest absolute Gasteiger partial charge is 0.455 e. The average Bonchev–Trinajstić information content (AvgIpc) is 1.47. The topological polar surface area (TPSA) is 78.8 Å². The number of rotatable bonds is 8. The molecule has 0 radical (unpaired) electrons. The summed E-state index contributed by atoms with van der Waals surface area (Å²) in [5.41, 5.74) is 29.4. The zero-order valence-corrected chi connectivity index (χ0v) is 77.6. The predicted molar refractivity (Wildman–Crippen MR) is 604 cm³/mol. The maximum absolute atomic E-state index is 6.74. The fraction of sp³-hybridized carbons (Fsp3) is 0. The fourth-order valence-corrected chi connectivity index (χ4v) is 23.7. The second-order valence-electron chi connectivity index (χ2n) is 38.0. The van der Waals surface area contributed by atoms with E-state index >= 15 is 0 Å². The van der Waals surface area contributed by atoms with Crippen LogP contribution in [0.5, 0.6) is 0 Å². The molecule has 6 aromatic heterocycles. The lowest BCUT2D eigenvalue weighted by molar-refractivity contribution is 0.633. The maximum atomic E-state index is 6.74. The van der Waals surface area contributed by atoms with Crippen molar-refractivity contribution in [1.82, 2.24) is 0 Å². The first-order valence-corrected chi connectivity index (χ1v) is 49.2. The Morgan fingerprint density at radius 2 is 0.368 bits per heavy atom. The Morgan fingerprint density at radius 3 is 0.806 bits per heavy atom. The van der Waals surface area contributed by atoms with Gasteiger partial charge in [-0.1, -0.05) is 382 Å². The molecule has 0 saturated heterocycles. The van der Waals surface area contributed by atoms with Crippen LogP contribution in [0.3, 0.4) is 0 Å². The van der Waals surface area contributed by atoms with Gasteiger partial charge in [0, 0.05) is 70.4 Å². The van der Waals surface area contributed by atoms with Crippen LogP contribution in [0.4, 0.5) is 0 Å². The van der Waals surface area contributed by atoms with Gasteiger partial charge in [-0.2, -0.15) is 0 Å². The van der Waals surface area contributed by atoms with Gasteiger partial charge in [0.25, 0.3) is 0 Å². The third-order valence-electron chi connectivity index (χ3n) is 30.1. The number of furan rings is 6. The van der Waals surface area contributed by atoms with Crippen molar-refractivity contribution in [1.29, 1.82) is 0 Å². The van der Waals surface area contributed by atoms with Crippen LogP contribution in [0.15, 0.2) is 512 Å². The van der Waals surface area contributed by atoms with Gasteiger partial charge in [0.15, 0.2) is 22.3 Å². The standard InChI is InChI=1S/2C48H28O2.C42H24O2/c1-2-15-33-29(11-1)12-10-21-34(33)30-13-9-14-31(27-30)45-36-17-3-5-19-38(36)46(39-20-6-4-18-37(39)45)32-23-26-44-42(28-32)41-25-24-40-35-16-7-8-22-43(35)49-47(40)48(41)50-44;1-2-11-30-26-32(21-20-29(30)10-1)31-12-9-13-33(27-31)45-36-15-3-5-17-38(36)46(39-18-6-4-16-37(39)45)34-22-25-44-42(28-34)41-24-23-40-35-14-7-8-19-43(35)49-47(40)48(41)50-44;1-2-12-26-23-27(22-21-25(26)11-1)38-29-14-3-5-16-31(29)39(32-17-6-4-15-30(32)38)35-24-34-28-13-7-9-19-36(28)43-41(34)40-33-18-8-10-20-37(33)44-42(35)40/h2*1-28H;1-24H. The molecular weight excluding hydrogens is 1750 g/mol. The molecule has 0 aliphatic carbocycles. The molecule has 0 N–H and O–H groups in total. The molecule has 0 saturated carbocycles. The Hall–Kier alpha value is -19.1. The zero-order valence-electron chi connectivity index (χ0n) is 77.6. The molecule has 0 bridgehead atoms. The summed E-state index contributed by atoms with van der Waals surface area (Å²) in [6.45, 7) is 0. The van der Waals surface area contributed by atoms with Gasteiger partial charge in [-0.25, -0.2) is 0 Å². The van der Waals surface area contributed by atoms with Gasteiger partial charge in [-0.15, -0.1) is 0 Å². The number of benzene rings is 26. The van der Waals surface area contributed by atoms with Gasteiger partial charge >= 0.3 is 0 Å². The van der Waals surface area contributed by atoms with Crippen LogP contribution in [0.1, 0.15) is 0 Å². The lowest BCUT2D eigenvalue weighted by Crippen LogP contribution is -1.91. The van der Waals surface area contributed by atoms with Crippen LogP contribution in [0.25, 0.3) is 318 Å². The molecule has 6 heterocycles. The molecule has 32 rings (SSSR count). The fourth-order valence-electron chi connectivity index (χ4n) is 23.7. The van der Waals surface area contributed by atoms with Crippen LogP contribution in [-0.2, 0) is 0 Å². The molecular formula is C138H80O6. The molecule has 0 aliphatic heterocycles. The van der Waals surface area contributed by atoms with Crippen molar-refractivity contribution in [2.45, 2.75) is 0 Å². The first-order chi connectivity index (χ1) is 71.4. The van der Waals surface area contributed by atoms with Crippen LogP contribution < -0.4 is 0 Å². The number of hydrogen-bond donors (Lipinski definition) is 0. The Balaban J connectivity index is 0.000000101. The number of para-hydroxylation sites is 4. The highest BCUT2D eigenvalue weighted by molar-refractivity contribution is 6.32. The van der Waals surface area contributed by atoms with E-state index in [1.165, 1.54) is 169 Å². The van der Waals surface area contributed by atoms with Gasteiger partial charge in [-0.3, -0.25) is 0 Å². The molecule has 0 fully saturated rings. The number of hydrogen-bond acceptors (Lipinski definition) is 6. The molecule has 668 valence electrons. The summed E-state index contributed by atoms with van der Waals surface area (Å²) in [5.74, 6) is 0. The summed E-state index contributed by atoms with van der Waals surface area (Å²) in [7, 11) is 0. The van der Waals surface area contributed by atoms with Crippen molar-refractivity contribution < 1.29 is 26.5 Å². The molecule has 0 aliphatic rings. The van der Waals surface area contributed by atoms with Crippen LogP contribution in [-0.4, -0.2) is 0 Å². The highest BCUT2D eigenvalue weighted by Crippen LogP contribution is 2.54. The zero-order chi connectivity index (χ0) is 94.3. The Kier molecular flexibility index (Phi) is 18.1. The summed E-state index contributed by atoms with van der Waals surface area (Å²) in [4.78, 5) is 0. The Morgan fingerprint density at radius 1 is 0.104 bits per heavy atom. The van der Waals surface area contributed by atoms with E-state index in [0.717, 1.165) is 148 Å². The summed E-state index contributed by atoms with van der Waals surface area (Å²) in [5, 5.41) is 35.1. The smallest absolute Gasteiger partial charge is 0.178 e. The van der Waals surface area contributed by atoms with E-state index in [1.807, 2.05) is 60.7 Å². The van der Waals surface area contributed by atoms with E-state index < -0.39 is 0 Å². The van der Waals surface area contributed by atoms with E-state index in [2.05, 4.69) is 425 Å². The number of fused-ring (bicyclic) bond motifs is 30. The molecule has 32 aromatic rings. The molecule has 0 amide bonds. The van der Waals surface area contributed by atoms with Gasteiger partial charge in [-0.05, 0) is 278 Å². The predicted octanol–water partition coefficient (Wildman–Crippen LogP) is 40.2. The minimum Gasteiger partial charge on any atom is -0.455 e. The molecule has 6 heteroatoms. The van der Waals surface area contributed by atoms with E-state index in [9.17, 15) is 0 Å². The SMILES string of the molecule is c1cc(-c2ccc3ccccc3c2)cc(-c2c3ccccc3c(-c3ccc4oc5c(ccc6c7ccccc7oc65)c4c3)c3ccccc23)c1.c1cc(-c2cccc3ccccc23)cc(-c2c3ccccc3c(-c3ccc4oc5c(ccc6c7ccccc7oc65)c4c3)c3ccccc23)c1.c1ccc2cc(-c3c4ccccc4c(-c4cc5c6ccccc6oc5c5c4oc4ccccc45)c4ccccc34)ccc2c1. The van der Waals surface area contributed by atoms with Crippen molar-refractivity contribution >= 4 is 229 Å². The van der Waals surface area contributed by atoms with Crippen molar-refractivity contribution in [3.05, 3.63) is 485 Å². The first-order valence-electron chi connectivity index (χ1n) is 49.2. The van der Waals surface area contributed by atoms with E-state index in [0.29, 0.717) is 0 Å². The van der Waals surface area contributed by atoms with Gasteiger partial charge in [0.1, 0.15) is 44.7 Å². The normalized spacial score (nSPS) is 12.0. The van der Waals surface area contributed by atoms with Crippen molar-refractivity contribution in [2.75, 3.05) is 0 Å². The quantitative estimate of drug-likeness (QED) is 0.141. The molecule has 144 heavy (non-hydrogen) atoms. The third kappa shape index (κ3) is 12.6. The molecule has 0 unspecified atom stereocenters. The molecule has 26 aromatic carbocycles.